The molecule has 17 heavy (non-hydrogen) atoms. The SMILES string of the molecule is NCCc1cc(N)nc(-c2ccccc2O)n1. The van der Waals surface area contributed by atoms with Crippen LogP contribution in [0.5, 0.6) is 5.75 Å². The van der Waals surface area contributed by atoms with E-state index in [2.05, 4.69) is 9.97 Å². The van der Waals surface area contributed by atoms with Crippen LogP contribution in [0.25, 0.3) is 11.4 Å². The summed E-state index contributed by atoms with van der Waals surface area (Å²) in [6, 6.07) is 8.58. The lowest BCUT2D eigenvalue weighted by Gasteiger charge is -2.06. The predicted octanol–water partition coefficient (Wildman–Crippen LogP) is 0.933. The zero-order valence-corrected chi connectivity index (χ0v) is 9.30. The number of benzene rings is 1. The lowest BCUT2D eigenvalue weighted by Crippen LogP contribution is -2.07. The standard InChI is InChI=1S/C12H14N4O/c13-6-5-8-7-11(14)16-12(15-8)9-3-1-2-4-10(9)17/h1-4,7,17H,5-6,13H2,(H2,14,15,16). The number of hydrogen-bond acceptors (Lipinski definition) is 5. The summed E-state index contributed by atoms with van der Waals surface area (Å²) in [4.78, 5) is 8.44. The number of para-hydroxylation sites is 1. The normalized spacial score (nSPS) is 10.4. The Labute approximate surface area is 99.1 Å². The van der Waals surface area contributed by atoms with Gasteiger partial charge in [-0.05, 0) is 18.7 Å². The number of anilines is 1. The molecule has 2 aromatic rings. The Morgan fingerprint density at radius 3 is 2.65 bits per heavy atom. The van der Waals surface area contributed by atoms with Crippen molar-refractivity contribution in [2.24, 2.45) is 5.73 Å². The Hall–Kier alpha value is -2.14. The van der Waals surface area contributed by atoms with Crippen LogP contribution in [0.3, 0.4) is 0 Å². The third-order valence-electron chi connectivity index (χ3n) is 2.34. The van der Waals surface area contributed by atoms with E-state index in [4.69, 9.17) is 11.5 Å². The van der Waals surface area contributed by atoms with E-state index in [1.165, 1.54) is 0 Å². The molecule has 0 amide bonds. The van der Waals surface area contributed by atoms with Gasteiger partial charge in [0.05, 0.1) is 5.56 Å². The predicted molar refractivity (Wildman–Crippen MR) is 66.3 cm³/mol. The summed E-state index contributed by atoms with van der Waals surface area (Å²) in [5.74, 6) is 0.935. The maximum atomic E-state index is 9.73. The van der Waals surface area contributed by atoms with Gasteiger partial charge in [-0.25, -0.2) is 9.97 Å². The Kier molecular flexibility index (Phi) is 3.20. The average Bonchev–Trinajstić information content (AvgIpc) is 2.29. The molecule has 0 bridgehead atoms. The number of hydrogen-bond donors (Lipinski definition) is 3. The van der Waals surface area contributed by atoms with Gasteiger partial charge >= 0.3 is 0 Å². The molecular weight excluding hydrogens is 216 g/mol. The molecule has 1 aromatic carbocycles. The van der Waals surface area contributed by atoms with Crippen molar-refractivity contribution in [1.82, 2.24) is 9.97 Å². The molecule has 0 aliphatic rings. The Bertz CT molecular complexity index is 528. The summed E-state index contributed by atoms with van der Waals surface area (Å²) in [6.45, 7) is 0.497. The van der Waals surface area contributed by atoms with Crippen molar-refractivity contribution in [1.29, 1.82) is 0 Å². The molecule has 5 N–H and O–H groups in total. The molecule has 88 valence electrons. The van der Waals surface area contributed by atoms with Gasteiger partial charge in [0.1, 0.15) is 11.6 Å². The van der Waals surface area contributed by atoms with Gasteiger partial charge in [-0.2, -0.15) is 0 Å². The molecule has 0 radical (unpaired) electrons. The molecule has 5 nitrogen and oxygen atoms in total. The van der Waals surface area contributed by atoms with Gasteiger partial charge in [-0.15, -0.1) is 0 Å². The van der Waals surface area contributed by atoms with Gasteiger partial charge in [-0.3, -0.25) is 0 Å². The fraction of sp³-hybridized carbons (Fsp3) is 0.167. The highest BCUT2D eigenvalue weighted by Crippen LogP contribution is 2.26. The maximum absolute atomic E-state index is 9.73. The van der Waals surface area contributed by atoms with Crippen molar-refractivity contribution in [2.75, 3.05) is 12.3 Å². The molecule has 0 saturated heterocycles. The van der Waals surface area contributed by atoms with E-state index in [1.54, 1.807) is 24.3 Å². The van der Waals surface area contributed by atoms with Crippen molar-refractivity contribution in [2.45, 2.75) is 6.42 Å². The van der Waals surface area contributed by atoms with Gasteiger partial charge in [0.2, 0.25) is 0 Å². The molecule has 0 aliphatic carbocycles. The molecule has 0 atom stereocenters. The third-order valence-corrected chi connectivity index (χ3v) is 2.34. The van der Waals surface area contributed by atoms with Crippen LogP contribution in [0, 0.1) is 0 Å². The highest BCUT2D eigenvalue weighted by molar-refractivity contribution is 5.64. The van der Waals surface area contributed by atoms with E-state index < -0.39 is 0 Å². The quantitative estimate of drug-likeness (QED) is 0.728. The van der Waals surface area contributed by atoms with Gasteiger partial charge in [-0.1, -0.05) is 12.1 Å². The summed E-state index contributed by atoms with van der Waals surface area (Å²) in [6.07, 6.45) is 0.632. The first-order valence-corrected chi connectivity index (χ1v) is 5.32. The molecule has 2 rings (SSSR count). The number of rotatable bonds is 3. The van der Waals surface area contributed by atoms with Gasteiger partial charge in [0.25, 0.3) is 0 Å². The fourth-order valence-corrected chi connectivity index (χ4v) is 1.58. The lowest BCUT2D eigenvalue weighted by atomic mass is 10.2. The van der Waals surface area contributed by atoms with Gasteiger partial charge in [0, 0.05) is 18.2 Å². The minimum absolute atomic E-state index is 0.136. The fourth-order valence-electron chi connectivity index (χ4n) is 1.58. The number of nitrogens with zero attached hydrogens (tertiary/aromatic N) is 2. The monoisotopic (exact) mass is 230 g/mol. The van der Waals surface area contributed by atoms with E-state index in [0.29, 0.717) is 30.2 Å². The van der Waals surface area contributed by atoms with Gasteiger partial charge in [0.15, 0.2) is 5.82 Å². The summed E-state index contributed by atoms with van der Waals surface area (Å²) >= 11 is 0. The summed E-state index contributed by atoms with van der Waals surface area (Å²) in [5.41, 5.74) is 12.5. The van der Waals surface area contributed by atoms with Crippen LogP contribution < -0.4 is 11.5 Å². The highest BCUT2D eigenvalue weighted by atomic mass is 16.3. The Balaban J connectivity index is 2.48. The topological polar surface area (TPSA) is 98.1 Å². The van der Waals surface area contributed by atoms with Crippen LogP contribution in [0.15, 0.2) is 30.3 Å². The van der Waals surface area contributed by atoms with E-state index in [9.17, 15) is 5.11 Å². The molecule has 0 fully saturated rings. The van der Waals surface area contributed by atoms with Crippen molar-refractivity contribution in [3.05, 3.63) is 36.0 Å². The van der Waals surface area contributed by atoms with Crippen LogP contribution in [-0.4, -0.2) is 21.6 Å². The van der Waals surface area contributed by atoms with E-state index >= 15 is 0 Å². The number of nitrogens with two attached hydrogens (primary N) is 2. The van der Waals surface area contributed by atoms with Crippen LogP contribution in [0.1, 0.15) is 5.69 Å². The molecule has 0 aliphatic heterocycles. The van der Waals surface area contributed by atoms with Crippen molar-refractivity contribution >= 4 is 5.82 Å². The first kappa shape index (κ1) is 11.3. The van der Waals surface area contributed by atoms with Crippen molar-refractivity contribution in [3.8, 4) is 17.1 Å². The molecule has 0 saturated carbocycles. The first-order valence-electron chi connectivity index (χ1n) is 5.32. The minimum atomic E-state index is 0.136. The third kappa shape index (κ3) is 2.51. The lowest BCUT2D eigenvalue weighted by molar-refractivity contribution is 0.477. The second kappa shape index (κ2) is 4.80. The number of phenols is 1. The number of aromatic nitrogens is 2. The zero-order valence-electron chi connectivity index (χ0n) is 9.30. The van der Waals surface area contributed by atoms with E-state index in [0.717, 1.165) is 5.69 Å². The molecule has 0 spiro atoms. The van der Waals surface area contributed by atoms with Crippen LogP contribution in [0.4, 0.5) is 5.82 Å². The van der Waals surface area contributed by atoms with Gasteiger partial charge < -0.3 is 16.6 Å². The van der Waals surface area contributed by atoms with Crippen LogP contribution in [-0.2, 0) is 6.42 Å². The summed E-state index contributed by atoms with van der Waals surface area (Å²) in [5, 5.41) is 9.73. The van der Waals surface area contributed by atoms with E-state index in [-0.39, 0.29) is 5.75 Å². The molecule has 1 heterocycles. The van der Waals surface area contributed by atoms with Crippen LogP contribution in [0.2, 0.25) is 0 Å². The minimum Gasteiger partial charge on any atom is -0.507 e. The van der Waals surface area contributed by atoms with Crippen LogP contribution >= 0.6 is 0 Å². The smallest absolute Gasteiger partial charge is 0.165 e. The molecule has 5 heteroatoms. The first-order chi connectivity index (χ1) is 8.20. The van der Waals surface area contributed by atoms with Crippen molar-refractivity contribution in [3.63, 3.8) is 0 Å². The number of aromatic hydroxyl groups is 1. The highest BCUT2D eigenvalue weighted by Gasteiger charge is 2.08. The summed E-state index contributed by atoms with van der Waals surface area (Å²) < 4.78 is 0. The summed E-state index contributed by atoms with van der Waals surface area (Å²) in [7, 11) is 0. The van der Waals surface area contributed by atoms with E-state index in [1.807, 2.05) is 6.07 Å². The zero-order chi connectivity index (χ0) is 12.3. The molecular formula is C12H14N4O. The number of nitrogen functional groups attached to an aromatic ring is 1. The molecule has 0 unspecified atom stereocenters. The Morgan fingerprint density at radius 2 is 1.94 bits per heavy atom. The Morgan fingerprint density at radius 1 is 1.18 bits per heavy atom. The second-order valence-electron chi connectivity index (χ2n) is 3.66. The average molecular weight is 230 g/mol. The second-order valence-corrected chi connectivity index (χ2v) is 3.66. The number of phenolic OH excluding ortho intramolecular Hbond substituents is 1. The largest absolute Gasteiger partial charge is 0.507 e. The molecule has 1 aromatic heterocycles. The maximum Gasteiger partial charge on any atom is 0.165 e. The van der Waals surface area contributed by atoms with Crippen molar-refractivity contribution < 1.29 is 5.11 Å².